The van der Waals surface area contributed by atoms with Gasteiger partial charge in [0.25, 0.3) is 0 Å². The van der Waals surface area contributed by atoms with Crippen molar-refractivity contribution in [3.05, 3.63) is 35.4 Å². The SMILES string of the molecule is Cc1ccccc1CNC(=O)[C@@H]1CCCN(C(=O)C2CC2)C1. The van der Waals surface area contributed by atoms with Gasteiger partial charge >= 0.3 is 0 Å². The first-order chi connectivity index (χ1) is 10.6. The highest BCUT2D eigenvalue weighted by Crippen LogP contribution is 2.32. The third-order valence-corrected chi connectivity index (χ3v) is 4.74. The average molecular weight is 300 g/mol. The molecule has 4 nitrogen and oxygen atoms in total. The lowest BCUT2D eigenvalue weighted by molar-refractivity contribution is -0.136. The molecule has 1 aliphatic carbocycles. The number of hydrogen-bond donors (Lipinski definition) is 1. The van der Waals surface area contributed by atoms with E-state index in [-0.39, 0.29) is 23.7 Å². The minimum Gasteiger partial charge on any atom is -0.352 e. The van der Waals surface area contributed by atoms with Crippen LogP contribution in [-0.2, 0) is 16.1 Å². The molecule has 1 aromatic rings. The number of aryl methyl sites for hydroxylation is 1. The molecule has 1 saturated carbocycles. The van der Waals surface area contributed by atoms with Crippen molar-refractivity contribution >= 4 is 11.8 Å². The van der Waals surface area contributed by atoms with E-state index in [9.17, 15) is 9.59 Å². The Bertz CT molecular complexity index is 566. The Balaban J connectivity index is 1.53. The van der Waals surface area contributed by atoms with Crippen LogP contribution in [0.25, 0.3) is 0 Å². The van der Waals surface area contributed by atoms with Gasteiger partial charge in [0, 0.05) is 25.6 Å². The number of hydrogen-bond acceptors (Lipinski definition) is 2. The van der Waals surface area contributed by atoms with Gasteiger partial charge in [0.1, 0.15) is 0 Å². The number of likely N-dealkylation sites (tertiary alicyclic amines) is 1. The maximum absolute atomic E-state index is 12.4. The van der Waals surface area contributed by atoms with Gasteiger partial charge in [-0.25, -0.2) is 0 Å². The Kier molecular flexibility index (Phi) is 4.46. The summed E-state index contributed by atoms with van der Waals surface area (Å²) in [6, 6.07) is 8.09. The molecule has 4 heteroatoms. The van der Waals surface area contributed by atoms with Crippen LogP contribution >= 0.6 is 0 Å². The fourth-order valence-corrected chi connectivity index (χ4v) is 3.11. The van der Waals surface area contributed by atoms with Crippen molar-refractivity contribution in [3.63, 3.8) is 0 Å². The third-order valence-electron chi connectivity index (χ3n) is 4.74. The molecule has 118 valence electrons. The quantitative estimate of drug-likeness (QED) is 0.927. The second kappa shape index (κ2) is 6.51. The lowest BCUT2D eigenvalue weighted by Gasteiger charge is -2.32. The first kappa shape index (κ1) is 15.1. The van der Waals surface area contributed by atoms with Crippen LogP contribution in [0.15, 0.2) is 24.3 Å². The molecule has 0 aromatic heterocycles. The Labute approximate surface area is 131 Å². The average Bonchev–Trinajstić information content (AvgIpc) is 3.38. The smallest absolute Gasteiger partial charge is 0.225 e. The molecule has 1 saturated heterocycles. The van der Waals surface area contributed by atoms with Crippen LogP contribution in [0, 0.1) is 18.8 Å². The number of carbonyl (C=O) groups excluding carboxylic acids is 2. The topological polar surface area (TPSA) is 49.4 Å². The van der Waals surface area contributed by atoms with Gasteiger partial charge in [0.2, 0.25) is 11.8 Å². The number of nitrogens with zero attached hydrogens (tertiary/aromatic N) is 1. The molecule has 0 radical (unpaired) electrons. The minimum absolute atomic E-state index is 0.0551. The van der Waals surface area contributed by atoms with Gasteiger partial charge in [0.05, 0.1) is 5.92 Å². The van der Waals surface area contributed by atoms with Crippen molar-refractivity contribution < 1.29 is 9.59 Å². The van der Waals surface area contributed by atoms with Gasteiger partial charge in [-0.3, -0.25) is 9.59 Å². The van der Waals surface area contributed by atoms with Crippen LogP contribution in [-0.4, -0.2) is 29.8 Å². The molecule has 1 heterocycles. The largest absolute Gasteiger partial charge is 0.352 e. The summed E-state index contributed by atoms with van der Waals surface area (Å²) in [7, 11) is 0. The molecule has 1 N–H and O–H groups in total. The van der Waals surface area contributed by atoms with Crippen LogP contribution in [0.3, 0.4) is 0 Å². The number of rotatable bonds is 4. The second-order valence-corrected chi connectivity index (χ2v) is 6.54. The molecule has 1 aromatic carbocycles. The molecule has 2 aliphatic rings. The zero-order valence-corrected chi connectivity index (χ0v) is 13.2. The maximum Gasteiger partial charge on any atom is 0.225 e. The standard InChI is InChI=1S/C18H24N2O2/c1-13-5-2-3-6-15(13)11-19-17(21)16-7-4-10-20(12-16)18(22)14-8-9-14/h2-3,5-6,14,16H,4,7-12H2,1H3,(H,19,21)/t16-/m1/s1. The molecule has 2 amide bonds. The predicted octanol–water partition coefficient (Wildman–Crippen LogP) is 2.26. The normalized spacial score (nSPS) is 21.5. The molecule has 1 atom stereocenters. The van der Waals surface area contributed by atoms with E-state index >= 15 is 0 Å². The molecule has 0 unspecified atom stereocenters. The molecule has 0 bridgehead atoms. The zero-order valence-electron chi connectivity index (χ0n) is 13.2. The van der Waals surface area contributed by atoms with Gasteiger partial charge in [-0.1, -0.05) is 24.3 Å². The van der Waals surface area contributed by atoms with Crippen LogP contribution in [0.2, 0.25) is 0 Å². The summed E-state index contributed by atoms with van der Waals surface area (Å²) in [6.07, 6.45) is 3.87. The van der Waals surface area contributed by atoms with Crippen molar-refractivity contribution in [1.29, 1.82) is 0 Å². The van der Waals surface area contributed by atoms with Gasteiger partial charge in [-0.15, -0.1) is 0 Å². The van der Waals surface area contributed by atoms with E-state index in [1.807, 2.05) is 23.1 Å². The summed E-state index contributed by atoms with van der Waals surface area (Å²) in [4.78, 5) is 26.4. The minimum atomic E-state index is -0.0551. The fraction of sp³-hybridized carbons (Fsp3) is 0.556. The van der Waals surface area contributed by atoms with Gasteiger partial charge < -0.3 is 10.2 Å². The lowest BCUT2D eigenvalue weighted by Crippen LogP contribution is -2.45. The van der Waals surface area contributed by atoms with E-state index in [0.717, 1.165) is 37.8 Å². The summed E-state index contributed by atoms with van der Waals surface area (Å²) >= 11 is 0. The zero-order chi connectivity index (χ0) is 15.5. The number of benzene rings is 1. The number of amides is 2. The van der Waals surface area contributed by atoms with Crippen LogP contribution in [0.5, 0.6) is 0 Å². The van der Waals surface area contributed by atoms with Crippen molar-refractivity contribution in [2.24, 2.45) is 11.8 Å². The van der Waals surface area contributed by atoms with Gasteiger partial charge in [-0.05, 0) is 43.7 Å². The summed E-state index contributed by atoms with van der Waals surface area (Å²) < 4.78 is 0. The van der Waals surface area contributed by atoms with E-state index in [2.05, 4.69) is 18.3 Å². The Hall–Kier alpha value is -1.84. The summed E-state index contributed by atoms with van der Waals surface area (Å²) in [5.41, 5.74) is 2.34. The number of carbonyl (C=O) groups is 2. The highest BCUT2D eigenvalue weighted by atomic mass is 16.2. The first-order valence-electron chi connectivity index (χ1n) is 8.26. The van der Waals surface area contributed by atoms with E-state index in [0.29, 0.717) is 13.1 Å². The third kappa shape index (κ3) is 3.49. The summed E-state index contributed by atoms with van der Waals surface area (Å²) in [5, 5.41) is 3.04. The van der Waals surface area contributed by atoms with Crippen molar-refractivity contribution in [3.8, 4) is 0 Å². The number of piperidine rings is 1. The first-order valence-corrected chi connectivity index (χ1v) is 8.26. The van der Waals surface area contributed by atoms with Crippen LogP contribution < -0.4 is 5.32 Å². The Morgan fingerprint density at radius 3 is 2.68 bits per heavy atom. The van der Waals surface area contributed by atoms with Crippen molar-refractivity contribution in [2.45, 2.75) is 39.2 Å². The molecule has 1 aliphatic heterocycles. The molecule has 22 heavy (non-hydrogen) atoms. The predicted molar refractivity (Wildman–Crippen MR) is 85.1 cm³/mol. The Morgan fingerprint density at radius 2 is 1.95 bits per heavy atom. The van der Waals surface area contributed by atoms with Gasteiger partial charge in [-0.2, -0.15) is 0 Å². The second-order valence-electron chi connectivity index (χ2n) is 6.54. The maximum atomic E-state index is 12.4. The molecule has 2 fully saturated rings. The van der Waals surface area contributed by atoms with E-state index in [4.69, 9.17) is 0 Å². The Morgan fingerprint density at radius 1 is 1.18 bits per heavy atom. The lowest BCUT2D eigenvalue weighted by atomic mass is 9.96. The van der Waals surface area contributed by atoms with Crippen molar-refractivity contribution in [2.75, 3.05) is 13.1 Å². The van der Waals surface area contributed by atoms with Crippen LogP contribution in [0.1, 0.15) is 36.8 Å². The highest BCUT2D eigenvalue weighted by Gasteiger charge is 2.36. The highest BCUT2D eigenvalue weighted by molar-refractivity contribution is 5.83. The van der Waals surface area contributed by atoms with E-state index in [1.165, 1.54) is 5.56 Å². The molecular weight excluding hydrogens is 276 g/mol. The van der Waals surface area contributed by atoms with Crippen LogP contribution in [0.4, 0.5) is 0 Å². The summed E-state index contributed by atoms with van der Waals surface area (Å²) in [5.74, 6) is 0.530. The van der Waals surface area contributed by atoms with Gasteiger partial charge in [0.15, 0.2) is 0 Å². The summed E-state index contributed by atoms with van der Waals surface area (Å²) in [6.45, 7) is 4.03. The molecular formula is C18H24N2O2. The van der Waals surface area contributed by atoms with E-state index < -0.39 is 0 Å². The molecule has 3 rings (SSSR count). The molecule has 0 spiro atoms. The van der Waals surface area contributed by atoms with Crippen molar-refractivity contribution in [1.82, 2.24) is 10.2 Å². The number of nitrogens with one attached hydrogen (secondary N) is 1. The fourth-order valence-electron chi connectivity index (χ4n) is 3.11. The monoisotopic (exact) mass is 300 g/mol. The van der Waals surface area contributed by atoms with E-state index in [1.54, 1.807) is 0 Å².